The number of nitrogens with zero attached hydrogens (tertiary/aromatic N) is 1. The first kappa shape index (κ1) is 77.7. The molecule has 0 fully saturated rings. The van der Waals surface area contributed by atoms with Gasteiger partial charge in [0, 0.05) is 12.8 Å². The molecular formula is C70H130NO8P. The molecule has 9 nitrogen and oxygen atoms in total. The highest BCUT2D eigenvalue weighted by Crippen LogP contribution is 2.38. The number of quaternary nitrogens is 1. The van der Waals surface area contributed by atoms with Gasteiger partial charge in [-0.3, -0.25) is 14.2 Å². The highest BCUT2D eigenvalue weighted by molar-refractivity contribution is 7.45. The smallest absolute Gasteiger partial charge is 0.306 e. The van der Waals surface area contributed by atoms with Gasteiger partial charge in [-0.2, -0.15) is 0 Å². The molecule has 0 rings (SSSR count). The summed E-state index contributed by atoms with van der Waals surface area (Å²) in [6, 6.07) is 0. The minimum absolute atomic E-state index is 0.0325. The number of carbonyl (C=O) groups excluding carboxylic acids is 2. The van der Waals surface area contributed by atoms with E-state index in [0.717, 1.165) is 77.0 Å². The molecule has 0 saturated carbocycles. The number of likely N-dealkylation sites (N-methyl/N-ethyl adjacent to an activating group) is 1. The van der Waals surface area contributed by atoms with Crippen LogP contribution in [0.4, 0.5) is 0 Å². The molecule has 0 aliphatic rings. The normalized spacial score (nSPS) is 13.5. The van der Waals surface area contributed by atoms with Crippen LogP contribution in [0.3, 0.4) is 0 Å². The van der Waals surface area contributed by atoms with E-state index in [1.165, 1.54) is 212 Å². The second-order valence-corrected chi connectivity index (χ2v) is 25.6. The molecule has 0 N–H and O–H groups in total. The number of hydrogen-bond acceptors (Lipinski definition) is 8. The van der Waals surface area contributed by atoms with Crippen LogP contribution in [0.25, 0.3) is 0 Å². The predicted octanol–water partition coefficient (Wildman–Crippen LogP) is 21.2. The van der Waals surface area contributed by atoms with Gasteiger partial charge in [0.05, 0.1) is 27.7 Å². The summed E-state index contributed by atoms with van der Waals surface area (Å²) in [5.74, 6) is -0.828. The Labute approximate surface area is 496 Å². The van der Waals surface area contributed by atoms with Crippen LogP contribution >= 0.6 is 7.82 Å². The zero-order valence-corrected chi connectivity index (χ0v) is 54.2. The largest absolute Gasteiger partial charge is 0.756 e. The maximum atomic E-state index is 12.8. The van der Waals surface area contributed by atoms with E-state index in [9.17, 15) is 19.0 Å². The minimum atomic E-state index is -4.64. The van der Waals surface area contributed by atoms with Gasteiger partial charge in [0.15, 0.2) is 6.10 Å². The van der Waals surface area contributed by atoms with E-state index in [2.05, 4.69) is 74.6 Å². The Hall–Kier alpha value is -2.29. The first-order chi connectivity index (χ1) is 39.0. The highest BCUT2D eigenvalue weighted by atomic mass is 31.2. The Bertz CT molecular complexity index is 1530. The Morgan fingerprint density at radius 1 is 0.400 bits per heavy atom. The monoisotopic (exact) mass is 1140 g/mol. The lowest BCUT2D eigenvalue weighted by Gasteiger charge is -2.28. The van der Waals surface area contributed by atoms with E-state index in [0.29, 0.717) is 17.4 Å². The molecule has 2 atom stereocenters. The van der Waals surface area contributed by atoms with Gasteiger partial charge in [-0.1, -0.05) is 312 Å². The van der Waals surface area contributed by atoms with Crippen LogP contribution in [0.5, 0.6) is 0 Å². The highest BCUT2D eigenvalue weighted by Gasteiger charge is 2.22. The summed E-state index contributed by atoms with van der Waals surface area (Å²) in [6.45, 7) is 4.17. The summed E-state index contributed by atoms with van der Waals surface area (Å²) in [7, 11) is 1.17. The van der Waals surface area contributed by atoms with Crippen molar-refractivity contribution in [2.75, 3.05) is 47.5 Å². The lowest BCUT2D eigenvalue weighted by molar-refractivity contribution is -0.870. The fourth-order valence-electron chi connectivity index (χ4n) is 9.86. The Morgan fingerprint density at radius 2 is 0.713 bits per heavy atom. The third-order valence-electron chi connectivity index (χ3n) is 15.1. The summed E-state index contributed by atoms with van der Waals surface area (Å²) in [5, 5.41) is 0. The number of unbranched alkanes of at least 4 members (excludes halogenated alkanes) is 39. The van der Waals surface area contributed by atoms with Crippen molar-refractivity contribution in [2.45, 2.75) is 328 Å². The third-order valence-corrected chi connectivity index (χ3v) is 16.0. The second kappa shape index (κ2) is 61.3. The van der Waals surface area contributed by atoms with E-state index in [1.807, 2.05) is 21.1 Å². The number of rotatable bonds is 63. The first-order valence-electron chi connectivity index (χ1n) is 34.0. The number of ether oxygens (including phenoxy) is 2. The molecular weight excluding hydrogens is 1010 g/mol. The topological polar surface area (TPSA) is 111 Å². The maximum absolute atomic E-state index is 12.8. The molecule has 0 aromatic carbocycles. The van der Waals surface area contributed by atoms with Gasteiger partial charge >= 0.3 is 11.9 Å². The Kier molecular flexibility index (Phi) is 59.5. The van der Waals surface area contributed by atoms with Crippen LogP contribution in [0.1, 0.15) is 322 Å². The number of phosphoric acid groups is 1. The first-order valence-corrected chi connectivity index (χ1v) is 35.5. The van der Waals surface area contributed by atoms with Crippen molar-refractivity contribution in [2.24, 2.45) is 0 Å². The van der Waals surface area contributed by atoms with Gasteiger partial charge in [0.1, 0.15) is 19.8 Å². The molecule has 0 aliphatic carbocycles. The standard InChI is InChI=1S/C70H130NO8P/c1-6-8-10-12-14-16-18-20-22-24-26-28-30-32-33-34-35-36-37-39-40-42-44-46-48-50-52-54-56-58-60-62-69(72)76-66-68(67-78-80(74,75)77-65-64-71(3,4)5)79-70(73)63-61-59-57-55-53-51-49-47-45-43-41-38-31-29-27-25-23-21-19-17-15-13-11-9-7-2/h9,11,15,17,21,23,27,29,38,41,68H,6-8,10,12-14,16,18-20,22,24-26,28,30-37,39-40,42-67H2,1-5H3/b11-9-,17-15-,23-21-,29-27-,41-38-. The van der Waals surface area contributed by atoms with Gasteiger partial charge in [0.2, 0.25) is 0 Å². The summed E-state index contributed by atoms with van der Waals surface area (Å²) >= 11 is 0. The van der Waals surface area contributed by atoms with Crippen LogP contribution in [0, 0.1) is 0 Å². The van der Waals surface area contributed by atoms with E-state index in [4.69, 9.17) is 18.5 Å². The van der Waals surface area contributed by atoms with Gasteiger partial charge < -0.3 is 27.9 Å². The number of hydrogen-bond donors (Lipinski definition) is 0. The predicted molar refractivity (Wildman–Crippen MR) is 342 cm³/mol. The third kappa shape index (κ3) is 64.9. The second-order valence-electron chi connectivity index (χ2n) is 24.2. The quantitative estimate of drug-likeness (QED) is 0.0195. The number of carbonyl (C=O) groups is 2. The van der Waals surface area contributed by atoms with Gasteiger partial charge in [0.25, 0.3) is 7.82 Å². The van der Waals surface area contributed by atoms with Crippen LogP contribution < -0.4 is 4.89 Å². The zero-order chi connectivity index (χ0) is 58.4. The fourth-order valence-corrected chi connectivity index (χ4v) is 10.6. The van der Waals surface area contributed by atoms with E-state index in [1.54, 1.807) is 0 Å². The molecule has 0 aromatic heterocycles. The molecule has 468 valence electrons. The molecule has 0 saturated heterocycles. The summed E-state index contributed by atoms with van der Waals surface area (Å²) in [4.78, 5) is 38.0. The SMILES string of the molecule is CC/C=C\C/C=C\C/C=C\C/C=C\C/C=C\CCCCCCCCCCCC(=O)OC(COC(=O)CCCCCCCCCCCCCCCCCCCCCCCCCCCCCCCCC)COP(=O)([O-])OCC[N+](C)(C)C. The number of allylic oxidation sites excluding steroid dienone is 10. The lowest BCUT2D eigenvalue weighted by Crippen LogP contribution is -2.37. The molecule has 80 heavy (non-hydrogen) atoms. The summed E-state index contributed by atoms with van der Waals surface area (Å²) in [5.41, 5.74) is 0. The Balaban J connectivity index is 4.03. The van der Waals surface area contributed by atoms with Crippen molar-refractivity contribution in [1.82, 2.24) is 0 Å². The van der Waals surface area contributed by atoms with Crippen molar-refractivity contribution in [3.8, 4) is 0 Å². The van der Waals surface area contributed by atoms with Crippen LogP contribution in [0.15, 0.2) is 60.8 Å². The van der Waals surface area contributed by atoms with Crippen molar-refractivity contribution < 1.29 is 42.1 Å². The van der Waals surface area contributed by atoms with Gasteiger partial charge in [-0.15, -0.1) is 0 Å². The molecule has 0 aromatic rings. The summed E-state index contributed by atoms with van der Waals surface area (Å²) < 4.78 is 34.3. The van der Waals surface area contributed by atoms with E-state index in [-0.39, 0.29) is 32.0 Å². The molecule has 0 bridgehead atoms. The minimum Gasteiger partial charge on any atom is -0.756 e. The van der Waals surface area contributed by atoms with Crippen molar-refractivity contribution in [3.05, 3.63) is 60.8 Å². The van der Waals surface area contributed by atoms with Crippen molar-refractivity contribution in [1.29, 1.82) is 0 Å². The molecule has 10 heteroatoms. The maximum Gasteiger partial charge on any atom is 0.306 e. The van der Waals surface area contributed by atoms with Gasteiger partial charge in [-0.05, 0) is 57.8 Å². The fraction of sp³-hybridized carbons (Fsp3) is 0.829. The molecule has 0 aliphatic heterocycles. The number of phosphoric ester groups is 1. The molecule has 0 spiro atoms. The average Bonchev–Trinajstić information content (AvgIpc) is 3.42. The van der Waals surface area contributed by atoms with Crippen molar-refractivity contribution >= 4 is 19.8 Å². The molecule has 0 radical (unpaired) electrons. The van der Waals surface area contributed by atoms with E-state index < -0.39 is 26.5 Å². The van der Waals surface area contributed by atoms with Crippen LogP contribution in [-0.2, 0) is 32.7 Å². The summed E-state index contributed by atoms with van der Waals surface area (Å²) in [6.07, 6.45) is 80.2. The molecule has 0 amide bonds. The lowest BCUT2D eigenvalue weighted by atomic mass is 10.0. The zero-order valence-electron chi connectivity index (χ0n) is 53.3. The van der Waals surface area contributed by atoms with Gasteiger partial charge in [-0.25, -0.2) is 0 Å². The number of esters is 2. The molecule has 2 unspecified atom stereocenters. The van der Waals surface area contributed by atoms with E-state index >= 15 is 0 Å². The Morgan fingerprint density at radius 3 is 1.06 bits per heavy atom. The molecule has 0 heterocycles. The van der Waals surface area contributed by atoms with Crippen molar-refractivity contribution in [3.63, 3.8) is 0 Å². The van der Waals surface area contributed by atoms with Crippen LogP contribution in [-0.4, -0.2) is 70.0 Å². The average molecular weight is 1140 g/mol. The van der Waals surface area contributed by atoms with Crippen LogP contribution in [0.2, 0.25) is 0 Å².